The predicted octanol–water partition coefficient (Wildman–Crippen LogP) is 2.08. The van der Waals surface area contributed by atoms with Crippen molar-refractivity contribution in [3.8, 4) is 0 Å². The van der Waals surface area contributed by atoms with Crippen LogP contribution in [0.15, 0.2) is 18.2 Å². The Morgan fingerprint density at radius 1 is 1.05 bits per heavy atom. The highest BCUT2D eigenvalue weighted by Crippen LogP contribution is 2.23. The van der Waals surface area contributed by atoms with Crippen LogP contribution < -0.4 is 5.32 Å². The van der Waals surface area contributed by atoms with Gasteiger partial charge in [-0.05, 0) is 23.8 Å². The molecule has 1 aromatic carbocycles. The molecule has 0 saturated carbocycles. The molecule has 2 aliphatic rings. The molecule has 1 aromatic rings. The van der Waals surface area contributed by atoms with Gasteiger partial charge in [0, 0.05) is 61.9 Å². The lowest BCUT2D eigenvalue weighted by Gasteiger charge is -2.47. The smallest absolute Gasteiger partial charge is 0.0424 e. The molecule has 0 unspecified atom stereocenters. The van der Waals surface area contributed by atoms with E-state index in [4.69, 9.17) is 23.2 Å². The number of hydrogen-bond donors (Lipinski definition) is 1. The zero-order chi connectivity index (χ0) is 13.2. The molecule has 2 aliphatic heterocycles. The molecule has 104 valence electrons. The molecule has 2 saturated heterocycles. The maximum Gasteiger partial charge on any atom is 0.0424 e. The Hall–Kier alpha value is -0.320. The van der Waals surface area contributed by atoms with Crippen molar-refractivity contribution in [1.29, 1.82) is 0 Å². The van der Waals surface area contributed by atoms with Crippen molar-refractivity contribution in [3.05, 3.63) is 33.8 Å². The standard InChI is InChI=1S/C14H19Cl2N3/c15-12-5-11(6-13(16)7-12)8-18-9-14(10-18)19-3-1-17-2-4-19/h5-7,14,17H,1-4,8-10H2. The fourth-order valence-corrected chi connectivity index (χ4v) is 3.48. The van der Waals surface area contributed by atoms with Crippen molar-refractivity contribution in [2.45, 2.75) is 12.6 Å². The first-order valence-electron chi connectivity index (χ1n) is 6.83. The van der Waals surface area contributed by atoms with E-state index in [2.05, 4.69) is 15.1 Å². The van der Waals surface area contributed by atoms with Gasteiger partial charge in [0.1, 0.15) is 0 Å². The maximum absolute atomic E-state index is 6.03. The number of benzene rings is 1. The van der Waals surface area contributed by atoms with E-state index < -0.39 is 0 Å². The normalized spacial score (nSPS) is 22.4. The number of rotatable bonds is 3. The summed E-state index contributed by atoms with van der Waals surface area (Å²) in [6.07, 6.45) is 0. The Balaban J connectivity index is 1.50. The van der Waals surface area contributed by atoms with Crippen LogP contribution in [0.1, 0.15) is 5.56 Å². The summed E-state index contributed by atoms with van der Waals surface area (Å²) in [6, 6.07) is 6.53. The molecular formula is C14H19Cl2N3. The number of nitrogens with one attached hydrogen (secondary N) is 1. The zero-order valence-electron chi connectivity index (χ0n) is 10.9. The van der Waals surface area contributed by atoms with Crippen molar-refractivity contribution in [2.75, 3.05) is 39.3 Å². The second kappa shape index (κ2) is 5.98. The third-order valence-corrected chi connectivity index (χ3v) is 4.37. The van der Waals surface area contributed by atoms with Crippen LogP contribution in [0.3, 0.4) is 0 Å². The first-order valence-corrected chi connectivity index (χ1v) is 7.58. The Labute approximate surface area is 124 Å². The van der Waals surface area contributed by atoms with Crippen LogP contribution in [0.25, 0.3) is 0 Å². The SMILES string of the molecule is Clc1cc(Cl)cc(CN2CC(N3CCNCC3)C2)c1. The molecule has 5 heteroatoms. The summed E-state index contributed by atoms with van der Waals surface area (Å²) in [4.78, 5) is 5.05. The van der Waals surface area contributed by atoms with Crippen molar-refractivity contribution in [1.82, 2.24) is 15.1 Å². The van der Waals surface area contributed by atoms with Gasteiger partial charge >= 0.3 is 0 Å². The zero-order valence-corrected chi connectivity index (χ0v) is 12.4. The Morgan fingerprint density at radius 2 is 1.68 bits per heavy atom. The van der Waals surface area contributed by atoms with E-state index in [9.17, 15) is 0 Å². The summed E-state index contributed by atoms with van der Waals surface area (Å²) in [6.45, 7) is 7.88. The van der Waals surface area contributed by atoms with Crippen LogP contribution in [0, 0.1) is 0 Å². The van der Waals surface area contributed by atoms with Crippen LogP contribution in [0.4, 0.5) is 0 Å². The molecule has 0 aromatic heterocycles. The highest BCUT2D eigenvalue weighted by atomic mass is 35.5. The van der Waals surface area contributed by atoms with E-state index in [1.54, 1.807) is 6.07 Å². The molecule has 0 bridgehead atoms. The Bertz CT molecular complexity index is 420. The van der Waals surface area contributed by atoms with Crippen LogP contribution in [-0.2, 0) is 6.54 Å². The van der Waals surface area contributed by atoms with Crippen molar-refractivity contribution < 1.29 is 0 Å². The molecule has 0 aliphatic carbocycles. The number of likely N-dealkylation sites (tertiary alicyclic amines) is 1. The molecule has 3 rings (SSSR count). The van der Waals surface area contributed by atoms with E-state index >= 15 is 0 Å². The maximum atomic E-state index is 6.03. The first kappa shape index (κ1) is 13.7. The second-order valence-electron chi connectivity index (χ2n) is 5.41. The van der Waals surface area contributed by atoms with Crippen LogP contribution in [0.2, 0.25) is 10.0 Å². The summed E-state index contributed by atoms with van der Waals surface area (Å²) in [5.41, 5.74) is 1.20. The molecule has 0 radical (unpaired) electrons. The lowest BCUT2D eigenvalue weighted by molar-refractivity contribution is 0.0223. The minimum Gasteiger partial charge on any atom is -0.314 e. The summed E-state index contributed by atoms with van der Waals surface area (Å²) in [7, 11) is 0. The van der Waals surface area contributed by atoms with Gasteiger partial charge in [0.25, 0.3) is 0 Å². The van der Waals surface area contributed by atoms with Crippen LogP contribution in [0.5, 0.6) is 0 Å². The van der Waals surface area contributed by atoms with Crippen molar-refractivity contribution in [2.24, 2.45) is 0 Å². The number of piperazine rings is 1. The molecule has 2 heterocycles. The summed E-state index contributed by atoms with van der Waals surface area (Å²) in [5.74, 6) is 0. The molecule has 2 fully saturated rings. The summed E-state index contributed by atoms with van der Waals surface area (Å²) >= 11 is 12.1. The molecule has 0 spiro atoms. The van der Waals surface area contributed by atoms with E-state index in [1.165, 1.54) is 18.7 Å². The molecule has 19 heavy (non-hydrogen) atoms. The average molecular weight is 300 g/mol. The molecular weight excluding hydrogens is 281 g/mol. The predicted molar refractivity (Wildman–Crippen MR) is 80.0 cm³/mol. The average Bonchev–Trinajstić information content (AvgIpc) is 2.33. The van der Waals surface area contributed by atoms with Gasteiger partial charge in [-0.25, -0.2) is 0 Å². The highest BCUT2D eigenvalue weighted by Gasteiger charge is 2.31. The molecule has 3 nitrogen and oxygen atoms in total. The number of hydrogen-bond acceptors (Lipinski definition) is 3. The van der Waals surface area contributed by atoms with Gasteiger partial charge in [0.2, 0.25) is 0 Å². The monoisotopic (exact) mass is 299 g/mol. The van der Waals surface area contributed by atoms with Crippen LogP contribution >= 0.6 is 23.2 Å². The van der Waals surface area contributed by atoms with E-state index in [-0.39, 0.29) is 0 Å². The molecule has 1 N–H and O–H groups in total. The third-order valence-electron chi connectivity index (χ3n) is 3.93. The topological polar surface area (TPSA) is 18.5 Å². The van der Waals surface area contributed by atoms with E-state index in [0.717, 1.165) is 48.8 Å². The van der Waals surface area contributed by atoms with E-state index in [1.807, 2.05) is 12.1 Å². The van der Waals surface area contributed by atoms with Gasteiger partial charge in [-0.2, -0.15) is 0 Å². The number of nitrogens with zero attached hydrogens (tertiary/aromatic N) is 2. The molecule has 0 amide bonds. The van der Waals surface area contributed by atoms with Crippen molar-refractivity contribution in [3.63, 3.8) is 0 Å². The highest BCUT2D eigenvalue weighted by molar-refractivity contribution is 6.34. The minimum atomic E-state index is 0.724. The first-order chi connectivity index (χ1) is 9.20. The van der Waals surface area contributed by atoms with Gasteiger partial charge in [-0.15, -0.1) is 0 Å². The summed E-state index contributed by atoms with van der Waals surface area (Å²) in [5, 5.41) is 4.84. The molecule has 0 atom stereocenters. The lowest BCUT2D eigenvalue weighted by Crippen LogP contribution is -2.62. The van der Waals surface area contributed by atoms with Crippen LogP contribution in [-0.4, -0.2) is 55.1 Å². The van der Waals surface area contributed by atoms with Gasteiger partial charge in [-0.1, -0.05) is 23.2 Å². The second-order valence-corrected chi connectivity index (χ2v) is 6.28. The minimum absolute atomic E-state index is 0.724. The fourth-order valence-electron chi connectivity index (χ4n) is 2.91. The quantitative estimate of drug-likeness (QED) is 0.922. The van der Waals surface area contributed by atoms with Crippen molar-refractivity contribution >= 4 is 23.2 Å². The fraction of sp³-hybridized carbons (Fsp3) is 0.571. The van der Waals surface area contributed by atoms with E-state index in [0.29, 0.717) is 0 Å². The summed E-state index contributed by atoms with van der Waals surface area (Å²) < 4.78 is 0. The third kappa shape index (κ3) is 3.41. The Morgan fingerprint density at radius 3 is 2.32 bits per heavy atom. The lowest BCUT2D eigenvalue weighted by atomic mass is 10.0. The largest absolute Gasteiger partial charge is 0.314 e. The van der Waals surface area contributed by atoms with Gasteiger partial charge in [0.15, 0.2) is 0 Å². The van der Waals surface area contributed by atoms with Gasteiger partial charge < -0.3 is 5.32 Å². The number of halogens is 2. The van der Waals surface area contributed by atoms with Gasteiger partial charge in [0.05, 0.1) is 0 Å². The van der Waals surface area contributed by atoms with Gasteiger partial charge in [-0.3, -0.25) is 9.80 Å². The Kier molecular flexibility index (Phi) is 4.30.